The Morgan fingerprint density at radius 1 is 0.324 bits per heavy atom. The Labute approximate surface area is 231 Å². The zero-order chi connectivity index (χ0) is 29.0. The van der Waals surface area contributed by atoms with E-state index in [4.69, 9.17) is 0 Å². The van der Waals surface area contributed by atoms with E-state index in [1.165, 1.54) is 33.8 Å². The molecule has 0 unspecified atom stereocenters. The number of hydrogen-bond acceptors (Lipinski definition) is 1. The molecule has 3 aromatic rings. The van der Waals surface area contributed by atoms with Gasteiger partial charge in [0.05, 0.1) is 0 Å². The monoisotopic (exact) mass is 503 g/mol. The smallest absolute Gasteiger partial charge is 0.0461 e. The van der Waals surface area contributed by atoms with Gasteiger partial charge in [-0.3, -0.25) is 0 Å². The summed E-state index contributed by atoms with van der Waals surface area (Å²) in [4.78, 5) is 2.35. The summed E-state index contributed by atoms with van der Waals surface area (Å²) in [5.74, 6) is 0. The highest BCUT2D eigenvalue weighted by Gasteiger charge is 2.19. The molecular formula is C36H57N. The predicted molar refractivity (Wildman–Crippen MR) is 171 cm³/mol. The van der Waals surface area contributed by atoms with Crippen LogP contribution in [0.4, 0.5) is 17.1 Å². The van der Waals surface area contributed by atoms with E-state index in [1.54, 1.807) is 0 Å². The van der Waals surface area contributed by atoms with Gasteiger partial charge in [-0.1, -0.05) is 140 Å². The van der Waals surface area contributed by atoms with Crippen molar-refractivity contribution in [1.82, 2.24) is 0 Å². The van der Waals surface area contributed by atoms with Gasteiger partial charge >= 0.3 is 0 Å². The van der Waals surface area contributed by atoms with Crippen molar-refractivity contribution in [1.29, 1.82) is 0 Å². The number of nitrogens with zero attached hydrogens (tertiary/aromatic N) is 1. The van der Waals surface area contributed by atoms with E-state index in [0.29, 0.717) is 0 Å². The average molecular weight is 504 g/mol. The minimum Gasteiger partial charge on any atom is -0.311 e. The lowest BCUT2D eigenvalue weighted by Crippen LogP contribution is -2.15. The Kier molecular flexibility index (Phi) is 14.0. The van der Waals surface area contributed by atoms with Crippen LogP contribution in [0, 0.1) is 0 Å². The van der Waals surface area contributed by atoms with Gasteiger partial charge in [-0.25, -0.2) is 0 Å². The van der Waals surface area contributed by atoms with Crippen LogP contribution in [0.5, 0.6) is 0 Å². The van der Waals surface area contributed by atoms with E-state index in [1.807, 2.05) is 41.5 Å². The lowest BCUT2D eigenvalue weighted by molar-refractivity contribution is 0.590. The Bertz CT molecular complexity index is 851. The van der Waals surface area contributed by atoms with Gasteiger partial charge in [-0.15, -0.1) is 0 Å². The maximum absolute atomic E-state index is 2.35. The first-order chi connectivity index (χ1) is 17.3. The first-order valence-electron chi connectivity index (χ1n) is 14.4. The van der Waals surface area contributed by atoms with Crippen molar-refractivity contribution in [2.24, 2.45) is 0 Å². The molecule has 0 aliphatic rings. The molecule has 0 atom stereocenters. The Hall–Kier alpha value is -2.54. The lowest BCUT2D eigenvalue weighted by atomic mass is 9.86. The van der Waals surface area contributed by atoms with Gasteiger partial charge < -0.3 is 4.90 Å². The molecule has 3 aromatic carbocycles. The second kappa shape index (κ2) is 15.0. The van der Waals surface area contributed by atoms with E-state index in [-0.39, 0.29) is 16.2 Å². The molecule has 0 bridgehead atoms. The molecule has 0 heterocycles. The summed E-state index contributed by atoms with van der Waals surface area (Å²) >= 11 is 0. The van der Waals surface area contributed by atoms with E-state index < -0.39 is 0 Å². The van der Waals surface area contributed by atoms with Crippen LogP contribution in [0.3, 0.4) is 0 Å². The molecule has 0 amide bonds. The molecule has 1 heteroatoms. The van der Waals surface area contributed by atoms with Gasteiger partial charge in [0.1, 0.15) is 0 Å². The van der Waals surface area contributed by atoms with Crippen molar-refractivity contribution in [3.05, 3.63) is 89.5 Å². The summed E-state index contributed by atoms with van der Waals surface area (Å²) in [6.07, 6.45) is 0. The molecule has 0 aliphatic heterocycles. The fourth-order valence-corrected chi connectivity index (χ4v) is 3.78. The van der Waals surface area contributed by atoms with Crippen molar-refractivity contribution in [2.45, 2.75) is 120 Å². The number of anilines is 3. The molecule has 0 saturated carbocycles. The van der Waals surface area contributed by atoms with Gasteiger partial charge in [0.2, 0.25) is 0 Å². The topological polar surface area (TPSA) is 3.24 Å². The number of hydrogen-bond donors (Lipinski definition) is 0. The van der Waals surface area contributed by atoms with Crippen molar-refractivity contribution >= 4 is 17.1 Å². The van der Waals surface area contributed by atoms with Crippen molar-refractivity contribution in [2.75, 3.05) is 4.90 Å². The highest BCUT2D eigenvalue weighted by Crippen LogP contribution is 2.37. The summed E-state index contributed by atoms with van der Waals surface area (Å²) in [5, 5.41) is 0. The molecule has 0 N–H and O–H groups in total. The summed E-state index contributed by atoms with van der Waals surface area (Å²) in [6, 6.07) is 27.0. The standard InChI is InChI=1S/C30H39N.3C2H6/c1-28(2,3)22-10-16-25(17-11-22)31(26-18-12-23(13-19-26)29(4,5)6)27-20-14-24(15-21-27)30(7,8)9;3*1-2/h10-21H,1-9H3;3*1-2H3. The highest BCUT2D eigenvalue weighted by atomic mass is 15.1. The number of rotatable bonds is 3. The second-order valence-corrected chi connectivity index (χ2v) is 11.7. The van der Waals surface area contributed by atoms with Crippen LogP contribution in [-0.4, -0.2) is 0 Å². The minimum absolute atomic E-state index is 0.145. The van der Waals surface area contributed by atoms with Crippen LogP contribution in [0.25, 0.3) is 0 Å². The SMILES string of the molecule is CC.CC.CC.CC(C)(C)c1ccc(N(c2ccc(C(C)(C)C)cc2)c2ccc(C(C)(C)C)cc2)cc1. The average Bonchev–Trinajstić information content (AvgIpc) is 2.87. The Morgan fingerprint density at radius 3 is 0.622 bits per heavy atom. The second-order valence-electron chi connectivity index (χ2n) is 11.7. The maximum Gasteiger partial charge on any atom is 0.0461 e. The van der Waals surface area contributed by atoms with Gasteiger partial charge in [-0.05, 0) is 69.3 Å². The van der Waals surface area contributed by atoms with E-state index >= 15 is 0 Å². The predicted octanol–water partition coefficient (Wildman–Crippen LogP) is 12.1. The molecule has 0 radical (unpaired) electrons. The third kappa shape index (κ3) is 10.0. The molecule has 0 aromatic heterocycles. The Balaban J connectivity index is 0.00000201. The summed E-state index contributed by atoms with van der Waals surface area (Å²) < 4.78 is 0. The molecule has 0 saturated heterocycles. The van der Waals surface area contributed by atoms with Crippen LogP contribution in [0.15, 0.2) is 72.8 Å². The van der Waals surface area contributed by atoms with Gasteiger partial charge in [0.15, 0.2) is 0 Å². The molecule has 0 fully saturated rings. The lowest BCUT2D eigenvalue weighted by Gasteiger charge is -2.29. The molecule has 0 spiro atoms. The van der Waals surface area contributed by atoms with E-state index in [0.717, 1.165) is 0 Å². The zero-order valence-corrected chi connectivity index (χ0v) is 26.9. The maximum atomic E-state index is 2.35. The molecule has 37 heavy (non-hydrogen) atoms. The third-order valence-corrected chi connectivity index (χ3v) is 5.97. The molecule has 206 valence electrons. The van der Waals surface area contributed by atoms with Crippen molar-refractivity contribution < 1.29 is 0 Å². The van der Waals surface area contributed by atoms with E-state index in [9.17, 15) is 0 Å². The van der Waals surface area contributed by atoms with Gasteiger partial charge in [-0.2, -0.15) is 0 Å². The fourth-order valence-electron chi connectivity index (χ4n) is 3.78. The largest absolute Gasteiger partial charge is 0.311 e. The summed E-state index contributed by atoms with van der Waals surface area (Å²) in [5.41, 5.74) is 8.02. The summed E-state index contributed by atoms with van der Waals surface area (Å²) in [7, 11) is 0. The molecule has 0 aliphatic carbocycles. The van der Waals surface area contributed by atoms with Crippen molar-refractivity contribution in [3.8, 4) is 0 Å². The van der Waals surface area contributed by atoms with Crippen LogP contribution >= 0.6 is 0 Å². The third-order valence-electron chi connectivity index (χ3n) is 5.97. The molecule has 3 rings (SSSR count). The number of benzene rings is 3. The van der Waals surface area contributed by atoms with Crippen LogP contribution in [0.2, 0.25) is 0 Å². The zero-order valence-electron chi connectivity index (χ0n) is 26.9. The fraction of sp³-hybridized carbons (Fsp3) is 0.500. The van der Waals surface area contributed by atoms with Crippen LogP contribution < -0.4 is 4.90 Å². The molecular weight excluding hydrogens is 446 g/mol. The minimum atomic E-state index is 0.145. The normalized spacial score (nSPS) is 11.1. The van der Waals surface area contributed by atoms with Crippen LogP contribution in [0.1, 0.15) is 121 Å². The summed E-state index contributed by atoms with van der Waals surface area (Å²) in [6.45, 7) is 32.3. The van der Waals surface area contributed by atoms with Crippen LogP contribution in [-0.2, 0) is 16.2 Å². The van der Waals surface area contributed by atoms with Gasteiger partial charge in [0, 0.05) is 17.1 Å². The van der Waals surface area contributed by atoms with E-state index in [2.05, 4.69) is 140 Å². The van der Waals surface area contributed by atoms with Gasteiger partial charge in [0.25, 0.3) is 0 Å². The quantitative estimate of drug-likeness (QED) is 0.343. The molecule has 1 nitrogen and oxygen atoms in total. The van der Waals surface area contributed by atoms with Crippen molar-refractivity contribution in [3.63, 3.8) is 0 Å². The first kappa shape index (κ1) is 34.5. The first-order valence-corrected chi connectivity index (χ1v) is 14.4. The highest BCUT2D eigenvalue weighted by molar-refractivity contribution is 5.77. The Morgan fingerprint density at radius 2 is 0.486 bits per heavy atom.